The van der Waals surface area contributed by atoms with E-state index in [2.05, 4.69) is 43.5 Å². The van der Waals surface area contributed by atoms with E-state index in [0.29, 0.717) is 37.1 Å². The van der Waals surface area contributed by atoms with Crippen LogP contribution >= 0.6 is 45.8 Å². The van der Waals surface area contributed by atoms with Crippen LogP contribution in [0, 0.1) is 3.57 Å². The van der Waals surface area contributed by atoms with E-state index in [1.807, 2.05) is 48.5 Å². The molecule has 0 aliphatic carbocycles. The Hall–Kier alpha value is -5.72. The minimum absolute atomic E-state index is 0.0140. The summed E-state index contributed by atoms with van der Waals surface area (Å²) in [6.45, 7) is 10.2. The van der Waals surface area contributed by atoms with Gasteiger partial charge < -0.3 is 49.4 Å². The van der Waals surface area contributed by atoms with Crippen LogP contribution in [0.1, 0.15) is 75.9 Å². The highest BCUT2D eigenvalue weighted by molar-refractivity contribution is 14.1. The van der Waals surface area contributed by atoms with Crippen LogP contribution in [0.25, 0.3) is 22.0 Å². The molecule has 0 saturated heterocycles. The van der Waals surface area contributed by atoms with E-state index >= 15 is 0 Å². The molecule has 5 aromatic rings. The Morgan fingerprint density at radius 3 is 1.94 bits per heavy atom. The van der Waals surface area contributed by atoms with Crippen LogP contribution < -0.4 is 25.4 Å². The summed E-state index contributed by atoms with van der Waals surface area (Å²) >= 11 is 15.0. The number of fused-ring (bicyclic) bond motifs is 1. The number of hydrogen-bond acceptors (Lipinski definition) is 11. The second-order valence-electron chi connectivity index (χ2n) is 16.7. The molecule has 0 aliphatic rings. The maximum absolute atomic E-state index is 14.3. The van der Waals surface area contributed by atoms with Gasteiger partial charge in [-0.05, 0) is 122 Å². The lowest BCUT2D eigenvalue weighted by Gasteiger charge is -2.26. The van der Waals surface area contributed by atoms with Crippen molar-refractivity contribution < 1.29 is 52.4 Å². The van der Waals surface area contributed by atoms with Crippen LogP contribution in [-0.2, 0) is 46.4 Å². The highest BCUT2D eigenvalue weighted by Gasteiger charge is 2.33. The fourth-order valence-corrected chi connectivity index (χ4v) is 8.24. The van der Waals surface area contributed by atoms with Gasteiger partial charge in [-0.2, -0.15) is 0 Å². The quantitative estimate of drug-likeness (QED) is 0.0444. The summed E-state index contributed by atoms with van der Waals surface area (Å²) in [6.07, 6.45) is 0.120. The number of benzene rings is 4. The Morgan fingerprint density at radius 2 is 1.34 bits per heavy atom. The van der Waals surface area contributed by atoms with Gasteiger partial charge in [-0.15, -0.1) is 0 Å². The predicted molar refractivity (Wildman–Crippen MR) is 254 cm³/mol. The summed E-state index contributed by atoms with van der Waals surface area (Å²) in [5.41, 5.74) is 2.17. The third-order valence-corrected chi connectivity index (χ3v) is 10.9. The van der Waals surface area contributed by atoms with Gasteiger partial charge in [0.25, 0.3) is 0 Å². The van der Waals surface area contributed by atoms with Gasteiger partial charge in [0.2, 0.25) is 5.91 Å². The first kappa shape index (κ1) is 50.3. The number of carbonyl (C=O) groups is 5. The van der Waals surface area contributed by atoms with E-state index in [1.54, 1.807) is 59.9 Å². The van der Waals surface area contributed by atoms with Crippen LogP contribution in [0.2, 0.25) is 10.0 Å². The van der Waals surface area contributed by atoms with E-state index in [0.717, 1.165) is 10.9 Å². The van der Waals surface area contributed by atoms with Crippen molar-refractivity contribution in [1.82, 2.24) is 20.9 Å². The highest BCUT2D eigenvalue weighted by Crippen LogP contribution is 2.40. The number of nitrogens with one attached hydrogen (secondary N) is 4. The van der Waals surface area contributed by atoms with Gasteiger partial charge in [-0.3, -0.25) is 4.79 Å². The van der Waals surface area contributed by atoms with Crippen LogP contribution in [-0.4, -0.2) is 73.6 Å². The molecule has 0 aliphatic heterocycles. The van der Waals surface area contributed by atoms with E-state index in [9.17, 15) is 24.0 Å². The maximum atomic E-state index is 14.3. The molecule has 15 nitrogen and oxygen atoms in total. The second kappa shape index (κ2) is 21.5. The van der Waals surface area contributed by atoms with Gasteiger partial charge in [0.15, 0.2) is 11.8 Å². The summed E-state index contributed by atoms with van der Waals surface area (Å²) in [5.74, 6) is -1.63. The number of aromatic amines is 1. The molecule has 3 atom stereocenters. The number of hydrogen-bond donors (Lipinski definition) is 4. The Bertz CT molecular complexity index is 2530. The molecule has 4 aromatic carbocycles. The van der Waals surface area contributed by atoms with Crippen molar-refractivity contribution in [3.05, 3.63) is 115 Å². The van der Waals surface area contributed by atoms with Gasteiger partial charge in [0, 0.05) is 29.1 Å². The Kier molecular flexibility index (Phi) is 16.6. The molecule has 1 aromatic heterocycles. The SMILES string of the molecule is COC(=O)[C@H](NC(=O)[C@H](NC(=O)OC(C)(C)C)c1cc(Cl)c(OC)c(Cl)c1)c1cc(I)c(OC)c(-c2ccc3c(C[C@@H](NC(=O)OCc4ccccc4)C(=O)OC(C)(C)C)c[nH]c3c2)c1. The van der Waals surface area contributed by atoms with Crippen molar-refractivity contribution in [2.45, 2.75) is 83.9 Å². The van der Waals surface area contributed by atoms with Gasteiger partial charge in [-0.25, -0.2) is 19.2 Å². The minimum Gasteiger partial charge on any atom is -0.495 e. The number of H-pyrrole nitrogens is 1. The molecule has 0 unspecified atom stereocenters. The van der Waals surface area contributed by atoms with E-state index in [1.165, 1.54) is 33.5 Å². The minimum atomic E-state index is -1.45. The van der Waals surface area contributed by atoms with Crippen molar-refractivity contribution in [2.75, 3.05) is 21.3 Å². The first-order valence-corrected chi connectivity index (χ1v) is 22.0. The first-order valence-electron chi connectivity index (χ1n) is 20.2. The van der Waals surface area contributed by atoms with Gasteiger partial charge >= 0.3 is 24.1 Å². The molecule has 0 bridgehead atoms. The molecule has 0 spiro atoms. The fourth-order valence-electron chi connectivity index (χ4n) is 6.71. The third kappa shape index (κ3) is 13.4. The topological polar surface area (TPSA) is 193 Å². The number of rotatable bonds is 15. The van der Waals surface area contributed by atoms with Gasteiger partial charge in [0.1, 0.15) is 35.6 Å². The number of amides is 3. The summed E-state index contributed by atoms with van der Waals surface area (Å²) in [4.78, 5) is 70.6. The predicted octanol–water partition coefficient (Wildman–Crippen LogP) is 9.54. The zero-order chi connectivity index (χ0) is 47.8. The number of aromatic nitrogens is 1. The van der Waals surface area contributed by atoms with Crippen LogP contribution in [0.5, 0.6) is 11.5 Å². The van der Waals surface area contributed by atoms with Crippen molar-refractivity contribution in [3.63, 3.8) is 0 Å². The Morgan fingerprint density at radius 1 is 0.708 bits per heavy atom. The molecular formula is C47H51Cl2IN4O11. The Labute approximate surface area is 400 Å². The molecule has 1 heterocycles. The lowest BCUT2D eigenvalue weighted by molar-refractivity contribution is -0.157. The molecule has 65 heavy (non-hydrogen) atoms. The second-order valence-corrected chi connectivity index (χ2v) is 18.7. The zero-order valence-corrected chi connectivity index (χ0v) is 40.9. The van der Waals surface area contributed by atoms with E-state index in [-0.39, 0.29) is 34.4 Å². The number of methoxy groups -OCH3 is 3. The van der Waals surface area contributed by atoms with Crippen LogP contribution in [0.4, 0.5) is 9.59 Å². The monoisotopic (exact) mass is 1040 g/mol. The Balaban J connectivity index is 1.48. The average molecular weight is 1050 g/mol. The molecule has 0 radical (unpaired) electrons. The normalized spacial score (nSPS) is 12.9. The van der Waals surface area contributed by atoms with Gasteiger partial charge in [-0.1, -0.05) is 65.7 Å². The molecule has 3 amide bonds. The van der Waals surface area contributed by atoms with Crippen molar-refractivity contribution >= 4 is 86.7 Å². The maximum Gasteiger partial charge on any atom is 0.408 e. The van der Waals surface area contributed by atoms with Crippen LogP contribution in [0.3, 0.4) is 0 Å². The summed E-state index contributed by atoms with van der Waals surface area (Å²) in [7, 11) is 4.08. The lowest BCUT2D eigenvalue weighted by atomic mass is 9.96. The zero-order valence-electron chi connectivity index (χ0n) is 37.3. The highest BCUT2D eigenvalue weighted by atomic mass is 127. The molecule has 346 valence electrons. The van der Waals surface area contributed by atoms with Crippen LogP contribution in [0.15, 0.2) is 79.0 Å². The third-order valence-electron chi connectivity index (χ3n) is 9.51. The number of halogens is 3. The average Bonchev–Trinajstić information content (AvgIpc) is 3.63. The molecule has 0 fully saturated rings. The lowest BCUT2D eigenvalue weighted by Crippen LogP contribution is -2.45. The molecule has 0 saturated carbocycles. The summed E-state index contributed by atoms with van der Waals surface area (Å²) < 4.78 is 33.4. The molecule has 18 heteroatoms. The fraction of sp³-hybridized carbons (Fsp3) is 0.340. The van der Waals surface area contributed by atoms with Crippen molar-refractivity contribution in [1.29, 1.82) is 0 Å². The molecular weight excluding hydrogens is 994 g/mol. The van der Waals surface area contributed by atoms with Crippen molar-refractivity contribution in [3.8, 4) is 22.6 Å². The molecule has 5 rings (SSSR count). The number of esters is 2. The smallest absolute Gasteiger partial charge is 0.408 e. The first-order chi connectivity index (χ1) is 30.6. The van der Waals surface area contributed by atoms with Gasteiger partial charge in [0.05, 0.1) is 34.9 Å². The number of carbonyl (C=O) groups excluding carboxylic acids is 5. The van der Waals surface area contributed by atoms with E-state index in [4.69, 9.17) is 51.6 Å². The number of ether oxygens (including phenoxy) is 6. The number of alkyl carbamates (subject to hydrolysis) is 2. The van der Waals surface area contributed by atoms with Crippen molar-refractivity contribution in [2.24, 2.45) is 0 Å². The standard InChI is InChI=1S/C47H51Cl2IN4O11/c1-46(2,3)64-42(56)36(52-44(58)63-24-25-13-11-10-12-14-25)22-29-23-51-35-21-26(15-16-30(29)35)31-17-27(20-34(50)39(31)60-7)38(43(57)62-9)53-41(55)37(54-45(59)65-47(4,5)6)28-18-32(48)40(61-8)33(49)19-28/h10-21,23,36-38,51H,22,24H2,1-9H3,(H,52,58)(H,53,55)(H,54,59)/t36-,37-,38-/m1/s1. The summed E-state index contributed by atoms with van der Waals surface area (Å²) in [6, 6.07) is 17.0. The van der Waals surface area contributed by atoms with E-state index < -0.39 is 59.4 Å². The molecule has 4 N–H and O–H groups in total. The largest absolute Gasteiger partial charge is 0.495 e. The summed E-state index contributed by atoms with van der Waals surface area (Å²) in [5, 5.41) is 8.89.